The van der Waals surface area contributed by atoms with Gasteiger partial charge in [-0.3, -0.25) is 10.1 Å². The van der Waals surface area contributed by atoms with Crippen LogP contribution in [0.3, 0.4) is 0 Å². The van der Waals surface area contributed by atoms with E-state index in [-0.39, 0.29) is 22.3 Å². The van der Waals surface area contributed by atoms with Crippen molar-refractivity contribution < 1.29 is 4.92 Å². The molecule has 0 bridgehead atoms. The Morgan fingerprint density at radius 1 is 1.30 bits per heavy atom. The van der Waals surface area contributed by atoms with Gasteiger partial charge < -0.3 is 0 Å². The van der Waals surface area contributed by atoms with E-state index < -0.39 is 0 Å². The third-order valence-electron chi connectivity index (χ3n) is 6.66. The van der Waals surface area contributed by atoms with E-state index in [9.17, 15) is 10.1 Å². The van der Waals surface area contributed by atoms with Crippen LogP contribution in [0.5, 0.6) is 0 Å². The van der Waals surface area contributed by atoms with Gasteiger partial charge in [-0.15, -0.1) is 0 Å². The number of nitrogens with zero attached hydrogens (tertiary/aromatic N) is 1. The molecule has 23 heavy (non-hydrogen) atoms. The summed E-state index contributed by atoms with van der Waals surface area (Å²) in [6.45, 7) is 9.12. The number of benzene rings is 1. The molecule has 0 aromatic heterocycles. The monoisotopic (exact) mass is 315 g/mol. The van der Waals surface area contributed by atoms with Crippen LogP contribution in [-0.4, -0.2) is 11.5 Å². The SMILES string of the molecule is CC(C)c1ccc2c(c1)CC[C@H]1[C@](C)(C[N+](=O)[O-])CCC[C@]21C. The van der Waals surface area contributed by atoms with E-state index in [0.717, 1.165) is 25.7 Å². The van der Waals surface area contributed by atoms with Crippen LogP contribution in [0.2, 0.25) is 0 Å². The lowest BCUT2D eigenvalue weighted by Crippen LogP contribution is -2.51. The summed E-state index contributed by atoms with van der Waals surface area (Å²) in [6.07, 6.45) is 5.42. The van der Waals surface area contributed by atoms with Gasteiger partial charge in [0.2, 0.25) is 6.54 Å². The minimum Gasteiger partial charge on any atom is -0.265 e. The molecule has 3 rings (SSSR count). The van der Waals surface area contributed by atoms with Crippen LogP contribution < -0.4 is 0 Å². The third kappa shape index (κ3) is 2.68. The Morgan fingerprint density at radius 2 is 2.04 bits per heavy atom. The zero-order valence-corrected chi connectivity index (χ0v) is 14.9. The van der Waals surface area contributed by atoms with Gasteiger partial charge in [0.1, 0.15) is 0 Å². The van der Waals surface area contributed by atoms with E-state index in [1.54, 1.807) is 0 Å². The van der Waals surface area contributed by atoms with Crippen LogP contribution >= 0.6 is 0 Å². The van der Waals surface area contributed by atoms with Gasteiger partial charge >= 0.3 is 0 Å². The number of hydrogen-bond acceptors (Lipinski definition) is 2. The standard InChI is InChI=1S/C20H29NO2/c1-14(2)15-6-8-17-16(12-15)7-9-18-19(3,13-21(22)23)10-5-11-20(17,18)4/h6,8,12,14,18H,5,7,9-11,13H2,1-4H3/t18-,19-,20+/m0/s1. The number of rotatable bonds is 3. The van der Waals surface area contributed by atoms with Crippen LogP contribution in [0.4, 0.5) is 0 Å². The van der Waals surface area contributed by atoms with Crippen LogP contribution in [0.25, 0.3) is 0 Å². The Balaban J connectivity index is 2.02. The van der Waals surface area contributed by atoms with Gasteiger partial charge in [-0.2, -0.15) is 0 Å². The number of nitro groups is 1. The van der Waals surface area contributed by atoms with Gasteiger partial charge in [-0.05, 0) is 59.6 Å². The van der Waals surface area contributed by atoms with Crippen molar-refractivity contribution in [3.8, 4) is 0 Å². The number of fused-ring (bicyclic) bond motifs is 3. The van der Waals surface area contributed by atoms with E-state index in [1.807, 2.05) is 0 Å². The zero-order valence-electron chi connectivity index (χ0n) is 14.9. The highest BCUT2D eigenvalue weighted by molar-refractivity contribution is 5.42. The second-order valence-corrected chi connectivity index (χ2v) is 8.58. The first-order valence-electron chi connectivity index (χ1n) is 9.01. The Bertz CT molecular complexity index is 624. The smallest absolute Gasteiger partial charge is 0.209 e. The first-order valence-corrected chi connectivity index (χ1v) is 9.01. The van der Waals surface area contributed by atoms with E-state index >= 15 is 0 Å². The molecule has 0 N–H and O–H groups in total. The molecule has 3 atom stereocenters. The second-order valence-electron chi connectivity index (χ2n) is 8.58. The van der Waals surface area contributed by atoms with Gasteiger partial charge in [0.15, 0.2) is 0 Å². The Hall–Kier alpha value is -1.38. The first-order chi connectivity index (χ1) is 10.8. The zero-order chi connectivity index (χ0) is 16.8. The largest absolute Gasteiger partial charge is 0.265 e. The van der Waals surface area contributed by atoms with Crippen molar-refractivity contribution in [1.82, 2.24) is 0 Å². The van der Waals surface area contributed by atoms with Crippen molar-refractivity contribution in [3.63, 3.8) is 0 Å². The topological polar surface area (TPSA) is 43.1 Å². The van der Waals surface area contributed by atoms with Crippen molar-refractivity contribution in [3.05, 3.63) is 45.0 Å². The maximum atomic E-state index is 11.2. The summed E-state index contributed by atoms with van der Waals surface area (Å²) in [7, 11) is 0. The first kappa shape index (κ1) is 16.5. The van der Waals surface area contributed by atoms with Crippen LogP contribution in [0, 0.1) is 21.4 Å². The maximum Gasteiger partial charge on any atom is 0.209 e. The van der Waals surface area contributed by atoms with E-state index in [2.05, 4.69) is 45.9 Å². The molecule has 0 aliphatic heterocycles. The molecule has 0 unspecified atom stereocenters. The highest BCUT2D eigenvalue weighted by atomic mass is 16.6. The molecule has 1 fully saturated rings. The molecule has 1 saturated carbocycles. The molecule has 2 aliphatic carbocycles. The minimum absolute atomic E-state index is 0.0941. The van der Waals surface area contributed by atoms with Crippen LogP contribution in [0.15, 0.2) is 18.2 Å². The number of aryl methyl sites for hydroxylation is 1. The van der Waals surface area contributed by atoms with Crippen molar-refractivity contribution in [1.29, 1.82) is 0 Å². The fraction of sp³-hybridized carbons (Fsp3) is 0.700. The number of hydrogen-bond donors (Lipinski definition) is 0. The van der Waals surface area contributed by atoms with Crippen LogP contribution in [-0.2, 0) is 11.8 Å². The molecule has 1 aromatic rings. The summed E-state index contributed by atoms with van der Waals surface area (Å²) in [6, 6.07) is 6.99. The highest BCUT2D eigenvalue weighted by Crippen LogP contribution is 2.57. The van der Waals surface area contributed by atoms with Crippen molar-refractivity contribution in [2.24, 2.45) is 11.3 Å². The van der Waals surface area contributed by atoms with E-state index in [4.69, 9.17) is 0 Å². The van der Waals surface area contributed by atoms with E-state index in [1.165, 1.54) is 23.1 Å². The lowest BCUT2D eigenvalue weighted by molar-refractivity contribution is -0.501. The predicted molar refractivity (Wildman–Crippen MR) is 93.5 cm³/mol. The Labute approximate surface area is 139 Å². The normalized spacial score (nSPS) is 33.2. The maximum absolute atomic E-state index is 11.2. The van der Waals surface area contributed by atoms with Crippen molar-refractivity contribution in [2.45, 2.75) is 71.1 Å². The minimum atomic E-state index is -0.162. The predicted octanol–water partition coefficient (Wildman–Crippen LogP) is 5.10. The Kier molecular flexibility index (Phi) is 4.02. The third-order valence-corrected chi connectivity index (χ3v) is 6.66. The molecule has 0 saturated heterocycles. The summed E-state index contributed by atoms with van der Waals surface area (Å²) in [4.78, 5) is 11.1. The van der Waals surface area contributed by atoms with Gasteiger partial charge in [0.25, 0.3) is 0 Å². The fourth-order valence-corrected chi connectivity index (χ4v) is 5.49. The van der Waals surface area contributed by atoms with Crippen molar-refractivity contribution in [2.75, 3.05) is 6.54 Å². The highest BCUT2D eigenvalue weighted by Gasteiger charge is 2.53. The molecule has 3 heteroatoms. The van der Waals surface area contributed by atoms with Gasteiger partial charge in [-0.25, -0.2) is 0 Å². The summed E-state index contributed by atoms with van der Waals surface area (Å²) < 4.78 is 0. The fourth-order valence-electron chi connectivity index (χ4n) is 5.49. The second kappa shape index (κ2) is 5.61. The van der Waals surface area contributed by atoms with Gasteiger partial charge in [-0.1, -0.05) is 52.3 Å². The molecule has 3 nitrogen and oxygen atoms in total. The molecule has 0 amide bonds. The average Bonchev–Trinajstić information content (AvgIpc) is 2.45. The average molecular weight is 315 g/mol. The summed E-state index contributed by atoms with van der Waals surface area (Å²) in [5, 5.41) is 11.2. The van der Waals surface area contributed by atoms with Crippen molar-refractivity contribution >= 4 is 0 Å². The summed E-state index contributed by atoms with van der Waals surface area (Å²) in [5.74, 6) is 0.975. The molecule has 1 aromatic carbocycles. The molecule has 0 heterocycles. The van der Waals surface area contributed by atoms with E-state index in [0.29, 0.717) is 11.8 Å². The molecule has 0 spiro atoms. The molecule has 126 valence electrons. The van der Waals surface area contributed by atoms with Gasteiger partial charge in [0.05, 0.1) is 0 Å². The summed E-state index contributed by atoms with van der Waals surface area (Å²) in [5.41, 5.74) is 4.30. The quantitative estimate of drug-likeness (QED) is 0.575. The molecule has 2 aliphatic rings. The lowest BCUT2D eigenvalue weighted by Gasteiger charge is -2.54. The summed E-state index contributed by atoms with van der Waals surface area (Å²) >= 11 is 0. The Morgan fingerprint density at radius 3 is 2.70 bits per heavy atom. The molecular weight excluding hydrogens is 286 g/mol. The molecular formula is C20H29NO2. The lowest BCUT2D eigenvalue weighted by atomic mass is 9.50. The van der Waals surface area contributed by atoms with Crippen LogP contribution in [0.1, 0.15) is 76.0 Å². The molecule has 0 radical (unpaired) electrons. The van der Waals surface area contributed by atoms with Gasteiger partial charge in [0, 0.05) is 10.3 Å².